The Morgan fingerprint density at radius 2 is 1.93 bits per heavy atom. The van der Waals surface area contributed by atoms with Crippen molar-refractivity contribution in [3.8, 4) is 0 Å². The molecule has 0 spiro atoms. The summed E-state index contributed by atoms with van der Waals surface area (Å²) in [6, 6.07) is 9.05. The van der Waals surface area contributed by atoms with Crippen molar-refractivity contribution in [3.05, 3.63) is 30.3 Å². The zero-order chi connectivity index (χ0) is 9.68. The summed E-state index contributed by atoms with van der Waals surface area (Å²) in [7, 11) is 0. The summed E-state index contributed by atoms with van der Waals surface area (Å²) in [5, 5.41) is 0. The zero-order valence-electron chi connectivity index (χ0n) is 8.44. The zero-order valence-corrected chi connectivity index (χ0v) is 8.44. The average Bonchev–Trinajstić information content (AvgIpc) is 2.15. The average molecular weight is 195 g/mol. The smallest absolute Gasteiger partial charge is 0.319 e. The second-order valence-electron chi connectivity index (χ2n) is 2.83. The molecule has 1 rings (SSSR count). The van der Waals surface area contributed by atoms with Crippen molar-refractivity contribution in [2.45, 2.75) is 13.3 Å². The van der Waals surface area contributed by atoms with Gasteiger partial charge in [0.2, 0.25) is 0 Å². The quantitative estimate of drug-likeness (QED) is 0.774. The van der Waals surface area contributed by atoms with Crippen molar-refractivity contribution in [2.24, 2.45) is 5.73 Å². The van der Waals surface area contributed by atoms with Crippen molar-refractivity contribution in [1.82, 2.24) is 6.15 Å². The molecule has 0 atom stereocenters. The van der Waals surface area contributed by atoms with Gasteiger partial charge in [-0.2, -0.15) is 0 Å². The molecule has 0 bridgehead atoms. The molecule has 0 aliphatic rings. The minimum Gasteiger partial charge on any atom is -0.351 e. The number of benzene rings is 1. The Kier molecular flexibility index (Phi) is 5.33. The largest absolute Gasteiger partial charge is 0.351 e. The number of hydrogen-bond acceptors (Lipinski definition) is 2. The molecule has 4 heteroatoms. The molecule has 0 aliphatic carbocycles. The molecule has 0 aliphatic heterocycles. The van der Waals surface area contributed by atoms with E-state index in [1.807, 2.05) is 37.3 Å². The number of amides is 2. The SMILES string of the molecule is CCCN(C(N)=O)c1ccccc1.N. The maximum atomic E-state index is 11.0. The van der Waals surface area contributed by atoms with Gasteiger partial charge in [0, 0.05) is 12.2 Å². The van der Waals surface area contributed by atoms with Crippen molar-refractivity contribution >= 4 is 11.7 Å². The Bertz CT molecular complexity index is 274. The normalized spacial score (nSPS) is 8.93. The van der Waals surface area contributed by atoms with Gasteiger partial charge >= 0.3 is 6.03 Å². The second kappa shape index (κ2) is 5.99. The maximum Gasteiger partial charge on any atom is 0.319 e. The van der Waals surface area contributed by atoms with E-state index in [2.05, 4.69) is 0 Å². The summed E-state index contributed by atoms with van der Waals surface area (Å²) >= 11 is 0. The van der Waals surface area contributed by atoms with Crippen LogP contribution in [0.1, 0.15) is 13.3 Å². The van der Waals surface area contributed by atoms with Gasteiger partial charge < -0.3 is 11.9 Å². The summed E-state index contributed by atoms with van der Waals surface area (Å²) < 4.78 is 0. The van der Waals surface area contributed by atoms with Crippen LogP contribution in [0.25, 0.3) is 0 Å². The van der Waals surface area contributed by atoms with E-state index in [4.69, 9.17) is 5.73 Å². The highest BCUT2D eigenvalue weighted by molar-refractivity contribution is 5.90. The van der Waals surface area contributed by atoms with Crippen LogP contribution in [-0.4, -0.2) is 12.6 Å². The monoisotopic (exact) mass is 195 g/mol. The van der Waals surface area contributed by atoms with Crippen molar-refractivity contribution < 1.29 is 4.79 Å². The molecule has 2 amide bonds. The molecule has 0 saturated heterocycles. The molecule has 0 aromatic heterocycles. The van der Waals surface area contributed by atoms with Crippen LogP contribution in [0, 0.1) is 0 Å². The molecule has 0 saturated carbocycles. The van der Waals surface area contributed by atoms with Gasteiger partial charge in [-0.3, -0.25) is 4.90 Å². The van der Waals surface area contributed by atoms with Gasteiger partial charge in [-0.05, 0) is 18.6 Å². The van der Waals surface area contributed by atoms with Crippen LogP contribution in [0.15, 0.2) is 30.3 Å². The fourth-order valence-corrected chi connectivity index (χ4v) is 1.20. The third kappa shape index (κ3) is 3.06. The van der Waals surface area contributed by atoms with E-state index in [1.165, 1.54) is 0 Å². The number of hydrogen-bond donors (Lipinski definition) is 2. The van der Waals surface area contributed by atoms with Gasteiger partial charge in [-0.25, -0.2) is 4.79 Å². The molecule has 1 aromatic carbocycles. The van der Waals surface area contributed by atoms with Crippen LogP contribution >= 0.6 is 0 Å². The van der Waals surface area contributed by atoms with Crippen molar-refractivity contribution in [1.29, 1.82) is 0 Å². The summed E-state index contributed by atoms with van der Waals surface area (Å²) in [5.74, 6) is 0. The van der Waals surface area contributed by atoms with Crippen LogP contribution in [0.4, 0.5) is 10.5 Å². The fraction of sp³-hybridized carbons (Fsp3) is 0.300. The minimum absolute atomic E-state index is 0. The van der Waals surface area contributed by atoms with Gasteiger partial charge in [0.25, 0.3) is 0 Å². The van der Waals surface area contributed by atoms with Crippen LogP contribution in [0.2, 0.25) is 0 Å². The van der Waals surface area contributed by atoms with E-state index in [1.54, 1.807) is 4.90 Å². The molecule has 0 unspecified atom stereocenters. The number of carbonyl (C=O) groups is 1. The van der Waals surface area contributed by atoms with Gasteiger partial charge in [-0.15, -0.1) is 0 Å². The first-order valence-corrected chi connectivity index (χ1v) is 4.37. The van der Waals surface area contributed by atoms with Gasteiger partial charge in [0.15, 0.2) is 0 Å². The number of primary amides is 1. The van der Waals surface area contributed by atoms with E-state index < -0.39 is 6.03 Å². The molecule has 5 N–H and O–H groups in total. The van der Waals surface area contributed by atoms with Crippen LogP contribution in [0.5, 0.6) is 0 Å². The number of urea groups is 1. The lowest BCUT2D eigenvalue weighted by Crippen LogP contribution is -2.36. The molecule has 1 aromatic rings. The first kappa shape index (κ1) is 12.4. The van der Waals surface area contributed by atoms with Crippen molar-refractivity contribution in [3.63, 3.8) is 0 Å². The number of anilines is 1. The molecule has 4 nitrogen and oxygen atoms in total. The summed E-state index contributed by atoms with van der Waals surface area (Å²) in [5.41, 5.74) is 6.10. The van der Waals surface area contributed by atoms with Crippen molar-refractivity contribution in [2.75, 3.05) is 11.4 Å². The van der Waals surface area contributed by atoms with E-state index in [0.29, 0.717) is 6.54 Å². The second-order valence-corrected chi connectivity index (χ2v) is 2.83. The van der Waals surface area contributed by atoms with Crippen LogP contribution in [-0.2, 0) is 0 Å². The van der Waals surface area contributed by atoms with E-state index in [0.717, 1.165) is 12.1 Å². The molecular weight excluding hydrogens is 178 g/mol. The van der Waals surface area contributed by atoms with E-state index >= 15 is 0 Å². The Labute approximate surface area is 84.3 Å². The van der Waals surface area contributed by atoms with E-state index in [9.17, 15) is 4.79 Å². The number of nitrogens with two attached hydrogens (primary N) is 1. The first-order valence-electron chi connectivity index (χ1n) is 4.37. The lowest BCUT2D eigenvalue weighted by atomic mass is 10.3. The molecule has 78 valence electrons. The molecule has 0 fully saturated rings. The van der Waals surface area contributed by atoms with Crippen LogP contribution < -0.4 is 16.8 Å². The predicted molar refractivity (Wildman–Crippen MR) is 58.7 cm³/mol. The van der Waals surface area contributed by atoms with Crippen LogP contribution in [0.3, 0.4) is 0 Å². The number of para-hydroxylation sites is 1. The number of nitrogens with zero attached hydrogens (tertiary/aromatic N) is 1. The Balaban J connectivity index is 0.00000169. The highest BCUT2D eigenvalue weighted by Gasteiger charge is 2.09. The first-order chi connectivity index (χ1) is 6.25. The number of carbonyl (C=O) groups excluding carboxylic acids is 1. The fourth-order valence-electron chi connectivity index (χ4n) is 1.20. The third-order valence-corrected chi connectivity index (χ3v) is 1.78. The standard InChI is InChI=1S/C10H14N2O.H3N/c1-2-8-12(10(11)13)9-6-4-3-5-7-9;/h3-7H,2,8H2,1H3,(H2,11,13);1H3. The number of rotatable bonds is 3. The topological polar surface area (TPSA) is 81.3 Å². The van der Waals surface area contributed by atoms with Gasteiger partial charge in [0.1, 0.15) is 0 Å². The van der Waals surface area contributed by atoms with E-state index in [-0.39, 0.29) is 6.15 Å². The minimum atomic E-state index is -0.395. The molecular formula is C10H17N3O. The molecule has 0 heterocycles. The van der Waals surface area contributed by atoms with Gasteiger partial charge in [0.05, 0.1) is 0 Å². The molecule has 0 radical (unpaired) electrons. The lowest BCUT2D eigenvalue weighted by molar-refractivity contribution is 0.254. The Morgan fingerprint density at radius 3 is 2.36 bits per heavy atom. The summed E-state index contributed by atoms with van der Waals surface area (Å²) in [6.45, 7) is 2.68. The Hall–Kier alpha value is -1.55. The predicted octanol–water partition coefficient (Wildman–Crippen LogP) is 2.14. The Morgan fingerprint density at radius 1 is 1.36 bits per heavy atom. The summed E-state index contributed by atoms with van der Waals surface area (Å²) in [4.78, 5) is 12.6. The lowest BCUT2D eigenvalue weighted by Gasteiger charge is -2.19. The maximum absolute atomic E-state index is 11.0. The molecule has 14 heavy (non-hydrogen) atoms. The van der Waals surface area contributed by atoms with Gasteiger partial charge in [-0.1, -0.05) is 25.1 Å². The third-order valence-electron chi connectivity index (χ3n) is 1.78. The highest BCUT2D eigenvalue weighted by Crippen LogP contribution is 2.12. The highest BCUT2D eigenvalue weighted by atomic mass is 16.2. The summed E-state index contributed by atoms with van der Waals surface area (Å²) in [6.07, 6.45) is 0.901.